The lowest BCUT2D eigenvalue weighted by Crippen LogP contribution is -2.18. The molecule has 0 radical (unpaired) electrons. The molecule has 1 N–H and O–H groups in total. The highest BCUT2D eigenvalue weighted by Crippen LogP contribution is 2.20. The van der Waals surface area contributed by atoms with Crippen molar-refractivity contribution in [3.8, 4) is 0 Å². The van der Waals surface area contributed by atoms with E-state index in [9.17, 15) is 4.79 Å². The van der Waals surface area contributed by atoms with Crippen LogP contribution in [0.15, 0.2) is 35.4 Å². The summed E-state index contributed by atoms with van der Waals surface area (Å²) in [7, 11) is 0. The first kappa shape index (κ1) is 16.5. The van der Waals surface area contributed by atoms with Crippen LogP contribution in [-0.4, -0.2) is 12.1 Å². The second kappa shape index (κ2) is 6.95. The molecule has 0 spiro atoms. The molecule has 0 bridgehead atoms. The third-order valence-electron chi connectivity index (χ3n) is 3.27. The standard InChI is InChI=1S/C17H16Cl2N2O/c1-10-6-11(2)15(12(3)7-10)9-20-21-17(22)14-5-4-13(18)8-16(14)19/h4-9H,1-3H3,(H,21,22). The van der Waals surface area contributed by atoms with E-state index >= 15 is 0 Å². The fourth-order valence-corrected chi connectivity index (χ4v) is 2.78. The average Bonchev–Trinajstić information content (AvgIpc) is 2.41. The minimum atomic E-state index is -0.375. The number of amides is 1. The van der Waals surface area contributed by atoms with Crippen LogP contribution in [0.4, 0.5) is 0 Å². The maximum atomic E-state index is 12.0. The quantitative estimate of drug-likeness (QED) is 0.642. The van der Waals surface area contributed by atoms with E-state index in [-0.39, 0.29) is 5.91 Å². The maximum Gasteiger partial charge on any atom is 0.272 e. The summed E-state index contributed by atoms with van der Waals surface area (Å²) in [4.78, 5) is 12.0. The fourth-order valence-electron chi connectivity index (χ4n) is 2.28. The molecular formula is C17H16Cl2N2O. The fraction of sp³-hybridized carbons (Fsp3) is 0.176. The lowest BCUT2D eigenvalue weighted by Gasteiger charge is -2.07. The monoisotopic (exact) mass is 334 g/mol. The highest BCUT2D eigenvalue weighted by atomic mass is 35.5. The molecule has 0 aromatic heterocycles. The molecule has 0 saturated carbocycles. The Kier molecular flexibility index (Phi) is 5.22. The molecule has 0 aliphatic heterocycles. The van der Waals surface area contributed by atoms with Crippen molar-refractivity contribution in [2.45, 2.75) is 20.8 Å². The lowest BCUT2D eigenvalue weighted by molar-refractivity contribution is 0.0955. The van der Waals surface area contributed by atoms with Crippen LogP contribution in [-0.2, 0) is 0 Å². The zero-order chi connectivity index (χ0) is 16.3. The van der Waals surface area contributed by atoms with Gasteiger partial charge in [0.15, 0.2) is 0 Å². The number of hydrogen-bond acceptors (Lipinski definition) is 2. The summed E-state index contributed by atoms with van der Waals surface area (Å²) in [5.41, 5.74) is 7.23. The van der Waals surface area contributed by atoms with E-state index in [1.807, 2.05) is 20.8 Å². The van der Waals surface area contributed by atoms with Gasteiger partial charge in [0.05, 0.1) is 16.8 Å². The Morgan fingerprint density at radius 1 is 1.09 bits per heavy atom. The highest BCUT2D eigenvalue weighted by Gasteiger charge is 2.09. The second-order valence-corrected chi connectivity index (χ2v) is 5.98. The Bertz CT molecular complexity index is 731. The molecule has 0 saturated heterocycles. The van der Waals surface area contributed by atoms with Crippen LogP contribution in [0.1, 0.15) is 32.6 Å². The van der Waals surface area contributed by atoms with Gasteiger partial charge in [0, 0.05) is 10.6 Å². The van der Waals surface area contributed by atoms with Crippen molar-refractivity contribution in [1.82, 2.24) is 5.43 Å². The van der Waals surface area contributed by atoms with Gasteiger partial charge in [-0.3, -0.25) is 4.79 Å². The molecule has 2 aromatic rings. The second-order valence-electron chi connectivity index (χ2n) is 5.14. The molecule has 114 valence electrons. The van der Waals surface area contributed by atoms with Crippen LogP contribution in [0.25, 0.3) is 0 Å². The number of hydrogen-bond donors (Lipinski definition) is 1. The normalized spacial score (nSPS) is 11.0. The largest absolute Gasteiger partial charge is 0.272 e. The van der Waals surface area contributed by atoms with Crippen molar-refractivity contribution in [3.05, 3.63) is 68.2 Å². The smallest absolute Gasteiger partial charge is 0.267 e. The highest BCUT2D eigenvalue weighted by molar-refractivity contribution is 6.36. The zero-order valence-electron chi connectivity index (χ0n) is 12.6. The number of halogens is 2. The molecule has 1 amide bonds. The van der Waals surface area contributed by atoms with Gasteiger partial charge in [0.2, 0.25) is 0 Å². The molecule has 2 aromatic carbocycles. The van der Waals surface area contributed by atoms with Gasteiger partial charge in [0.1, 0.15) is 0 Å². The number of nitrogens with one attached hydrogen (secondary N) is 1. The summed E-state index contributed by atoms with van der Waals surface area (Å²) in [5.74, 6) is -0.375. The first-order chi connectivity index (χ1) is 10.4. The van der Waals surface area contributed by atoms with E-state index in [1.54, 1.807) is 18.3 Å². The average molecular weight is 335 g/mol. The van der Waals surface area contributed by atoms with Crippen molar-refractivity contribution in [3.63, 3.8) is 0 Å². The number of benzene rings is 2. The van der Waals surface area contributed by atoms with Crippen LogP contribution < -0.4 is 5.43 Å². The molecule has 0 heterocycles. The maximum absolute atomic E-state index is 12.0. The minimum absolute atomic E-state index is 0.294. The Hall–Kier alpha value is -1.84. The molecule has 0 aliphatic carbocycles. The Labute approximate surface area is 139 Å². The van der Waals surface area contributed by atoms with Gasteiger partial charge >= 0.3 is 0 Å². The number of nitrogens with zero attached hydrogens (tertiary/aromatic N) is 1. The summed E-state index contributed by atoms with van der Waals surface area (Å²) in [5, 5.41) is 4.79. The summed E-state index contributed by atoms with van der Waals surface area (Å²) >= 11 is 11.8. The number of carbonyl (C=O) groups excluding carboxylic acids is 1. The van der Waals surface area contributed by atoms with E-state index in [0.717, 1.165) is 16.7 Å². The molecule has 3 nitrogen and oxygen atoms in total. The lowest BCUT2D eigenvalue weighted by atomic mass is 10.0. The molecule has 5 heteroatoms. The Morgan fingerprint density at radius 2 is 1.73 bits per heavy atom. The molecule has 0 fully saturated rings. The van der Waals surface area contributed by atoms with Crippen LogP contribution in [0.5, 0.6) is 0 Å². The summed E-state index contributed by atoms with van der Waals surface area (Å²) in [6.45, 7) is 6.07. The first-order valence-corrected chi connectivity index (χ1v) is 7.50. The summed E-state index contributed by atoms with van der Waals surface area (Å²) < 4.78 is 0. The first-order valence-electron chi connectivity index (χ1n) is 6.75. The van der Waals surface area contributed by atoms with Gasteiger partial charge in [-0.25, -0.2) is 5.43 Å². The molecule has 0 unspecified atom stereocenters. The summed E-state index contributed by atoms with van der Waals surface area (Å²) in [6, 6.07) is 8.85. The van der Waals surface area contributed by atoms with Gasteiger partial charge in [-0.2, -0.15) is 5.10 Å². The van der Waals surface area contributed by atoms with Crippen molar-refractivity contribution < 1.29 is 4.79 Å². The van der Waals surface area contributed by atoms with E-state index in [2.05, 4.69) is 22.7 Å². The van der Waals surface area contributed by atoms with Gasteiger partial charge in [0.25, 0.3) is 5.91 Å². The summed E-state index contributed by atoms with van der Waals surface area (Å²) in [6.07, 6.45) is 1.64. The molecular weight excluding hydrogens is 319 g/mol. The Morgan fingerprint density at radius 3 is 2.32 bits per heavy atom. The SMILES string of the molecule is Cc1cc(C)c(C=NNC(=O)c2ccc(Cl)cc2Cl)c(C)c1. The molecule has 0 atom stereocenters. The van der Waals surface area contributed by atoms with Crippen molar-refractivity contribution in [2.24, 2.45) is 5.10 Å². The van der Waals surface area contributed by atoms with Gasteiger partial charge in [-0.1, -0.05) is 40.9 Å². The number of hydrazone groups is 1. The number of rotatable bonds is 3. The van der Waals surface area contributed by atoms with Crippen LogP contribution in [0.3, 0.4) is 0 Å². The van der Waals surface area contributed by atoms with E-state index in [1.165, 1.54) is 11.6 Å². The van der Waals surface area contributed by atoms with Gasteiger partial charge < -0.3 is 0 Å². The third kappa shape index (κ3) is 3.87. The van der Waals surface area contributed by atoms with E-state index in [0.29, 0.717) is 15.6 Å². The predicted octanol–water partition coefficient (Wildman–Crippen LogP) is 4.68. The van der Waals surface area contributed by atoms with Crippen LogP contribution in [0, 0.1) is 20.8 Å². The minimum Gasteiger partial charge on any atom is -0.267 e. The zero-order valence-corrected chi connectivity index (χ0v) is 14.1. The number of aryl methyl sites for hydroxylation is 3. The van der Waals surface area contributed by atoms with Crippen molar-refractivity contribution in [1.29, 1.82) is 0 Å². The van der Waals surface area contributed by atoms with E-state index < -0.39 is 0 Å². The molecule has 22 heavy (non-hydrogen) atoms. The molecule has 2 rings (SSSR count). The van der Waals surface area contributed by atoms with E-state index in [4.69, 9.17) is 23.2 Å². The Balaban J connectivity index is 2.14. The topological polar surface area (TPSA) is 41.5 Å². The molecule has 0 aliphatic rings. The van der Waals surface area contributed by atoms with Crippen LogP contribution in [0.2, 0.25) is 10.0 Å². The predicted molar refractivity (Wildman–Crippen MR) is 92.2 cm³/mol. The third-order valence-corrected chi connectivity index (χ3v) is 3.82. The van der Waals surface area contributed by atoms with Crippen molar-refractivity contribution in [2.75, 3.05) is 0 Å². The number of carbonyl (C=O) groups is 1. The van der Waals surface area contributed by atoms with Crippen molar-refractivity contribution >= 4 is 35.3 Å². The van der Waals surface area contributed by atoms with Crippen LogP contribution >= 0.6 is 23.2 Å². The van der Waals surface area contributed by atoms with Gasteiger partial charge in [-0.15, -0.1) is 0 Å². The van der Waals surface area contributed by atoms with Gasteiger partial charge in [-0.05, 0) is 50.1 Å².